The summed E-state index contributed by atoms with van der Waals surface area (Å²) in [6.07, 6.45) is 3.86. The third-order valence-electron chi connectivity index (χ3n) is 3.39. The maximum absolute atomic E-state index is 12.0. The molecule has 1 heterocycles. The minimum Gasteiger partial charge on any atom is -0.458 e. The molecular formula is C15H14ClNO2S. The molecule has 0 aliphatic heterocycles. The van der Waals surface area contributed by atoms with Gasteiger partial charge in [-0.25, -0.2) is 9.78 Å². The van der Waals surface area contributed by atoms with E-state index in [2.05, 4.69) is 4.98 Å². The lowest BCUT2D eigenvalue weighted by atomic mass is 10.2. The van der Waals surface area contributed by atoms with Crippen LogP contribution in [0.25, 0.3) is 10.6 Å². The average molecular weight is 308 g/mol. The van der Waals surface area contributed by atoms with Crippen LogP contribution in [0.4, 0.5) is 0 Å². The first-order chi connectivity index (χ1) is 9.65. The molecule has 20 heavy (non-hydrogen) atoms. The molecule has 0 N–H and O–H groups in total. The number of benzene rings is 1. The molecule has 0 amide bonds. The Bertz CT molecular complexity index is 636. The van der Waals surface area contributed by atoms with Crippen LogP contribution in [0.3, 0.4) is 0 Å². The lowest BCUT2D eigenvalue weighted by molar-refractivity contribution is 0.0300. The highest BCUT2D eigenvalue weighted by Crippen LogP contribution is 2.35. The highest BCUT2D eigenvalue weighted by molar-refractivity contribution is 7.16. The summed E-state index contributed by atoms with van der Waals surface area (Å²) in [6.45, 7) is 1.95. The fraction of sp³-hybridized carbons (Fsp3) is 0.333. The molecule has 0 bridgehead atoms. The lowest BCUT2D eigenvalue weighted by Gasteiger charge is -2.10. The first-order valence-corrected chi connectivity index (χ1v) is 7.76. The molecule has 1 saturated carbocycles. The molecule has 1 unspecified atom stereocenters. The van der Waals surface area contributed by atoms with Crippen molar-refractivity contribution in [3.8, 4) is 10.6 Å². The van der Waals surface area contributed by atoms with Crippen LogP contribution in [0.15, 0.2) is 30.5 Å². The van der Waals surface area contributed by atoms with Gasteiger partial charge in [0.15, 0.2) is 0 Å². The summed E-state index contributed by atoms with van der Waals surface area (Å²) in [5.74, 6) is 0.245. The number of rotatable bonds is 4. The van der Waals surface area contributed by atoms with Crippen molar-refractivity contribution in [2.45, 2.75) is 25.9 Å². The van der Waals surface area contributed by atoms with Crippen molar-refractivity contribution in [1.29, 1.82) is 0 Å². The first-order valence-electron chi connectivity index (χ1n) is 6.57. The van der Waals surface area contributed by atoms with Gasteiger partial charge in [0.25, 0.3) is 0 Å². The maximum atomic E-state index is 12.0. The molecule has 104 valence electrons. The van der Waals surface area contributed by atoms with E-state index in [9.17, 15) is 4.79 Å². The predicted octanol–water partition coefficient (Wildman–Crippen LogP) is 4.42. The van der Waals surface area contributed by atoms with Crippen molar-refractivity contribution in [3.63, 3.8) is 0 Å². The maximum Gasteiger partial charge on any atom is 0.350 e. The number of halogens is 1. The number of carbonyl (C=O) groups excluding carboxylic acids is 1. The van der Waals surface area contributed by atoms with Gasteiger partial charge in [-0.2, -0.15) is 0 Å². The molecule has 1 aliphatic rings. The van der Waals surface area contributed by atoms with Gasteiger partial charge in [-0.15, -0.1) is 11.3 Å². The second kappa shape index (κ2) is 5.54. The van der Waals surface area contributed by atoms with Gasteiger partial charge >= 0.3 is 5.97 Å². The van der Waals surface area contributed by atoms with Gasteiger partial charge < -0.3 is 4.74 Å². The van der Waals surface area contributed by atoms with Gasteiger partial charge in [0.1, 0.15) is 16.0 Å². The smallest absolute Gasteiger partial charge is 0.350 e. The Morgan fingerprint density at radius 2 is 2.20 bits per heavy atom. The van der Waals surface area contributed by atoms with Crippen LogP contribution in [0.2, 0.25) is 5.02 Å². The quantitative estimate of drug-likeness (QED) is 0.785. The summed E-state index contributed by atoms with van der Waals surface area (Å²) >= 11 is 7.44. The lowest BCUT2D eigenvalue weighted by Crippen LogP contribution is -2.15. The molecule has 1 fully saturated rings. The minimum atomic E-state index is -0.291. The number of nitrogens with zero attached hydrogens (tertiary/aromatic N) is 1. The summed E-state index contributed by atoms with van der Waals surface area (Å²) in [5, 5.41) is 1.37. The third-order valence-corrected chi connectivity index (χ3v) is 4.73. The van der Waals surface area contributed by atoms with Crippen molar-refractivity contribution in [1.82, 2.24) is 4.98 Å². The average Bonchev–Trinajstić information content (AvgIpc) is 3.17. The molecule has 3 nitrogen and oxygen atoms in total. The molecule has 1 aromatic heterocycles. The van der Waals surface area contributed by atoms with Crippen molar-refractivity contribution in [2.24, 2.45) is 5.92 Å². The number of thiazole rings is 1. The van der Waals surface area contributed by atoms with Gasteiger partial charge in [-0.1, -0.05) is 29.8 Å². The summed E-state index contributed by atoms with van der Waals surface area (Å²) in [6, 6.07) is 7.47. The van der Waals surface area contributed by atoms with Crippen LogP contribution >= 0.6 is 22.9 Å². The Labute approximate surface area is 126 Å². The van der Waals surface area contributed by atoms with Crippen LogP contribution in [0.5, 0.6) is 0 Å². The van der Waals surface area contributed by atoms with Crippen molar-refractivity contribution >= 4 is 28.9 Å². The van der Waals surface area contributed by atoms with Crippen LogP contribution in [0, 0.1) is 5.92 Å². The Morgan fingerprint density at radius 3 is 2.90 bits per heavy atom. The van der Waals surface area contributed by atoms with Crippen LogP contribution in [-0.2, 0) is 4.74 Å². The van der Waals surface area contributed by atoms with E-state index in [1.54, 1.807) is 6.20 Å². The highest BCUT2D eigenvalue weighted by Gasteiger charge is 2.31. The van der Waals surface area contributed by atoms with E-state index in [1.807, 2.05) is 31.2 Å². The minimum absolute atomic E-state index is 0.00615. The molecule has 3 rings (SSSR count). The SMILES string of the molecule is CC(OC(=O)c1cnc(-c2ccccc2Cl)s1)C1CC1. The predicted molar refractivity (Wildman–Crippen MR) is 80.2 cm³/mol. The van der Waals surface area contributed by atoms with Gasteiger partial charge in [-0.3, -0.25) is 0 Å². The van der Waals surface area contributed by atoms with Gasteiger partial charge in [0, 0.05) is 5.56 Å². The third kappa shape index (κ3) is 2.86. The second-order valence-electron chi connectivity index (χ2n) is 4.96. The zero-order valence-corrected chi connectivity index (χ0v) is 12.6. The van der Waals surface area contributed by atoms with E-state index in [0.29, 0.717) is 15.8 Å². The van der Waals surface area contributed by atoms with Crippen LogP contribution < -0.4 is 0 Å². The Hall–Kier alpha value is -1.39. The van der Waals surface area contributed by atoms with Crippen LogP contribution in [0.1, 0.15) is 29.4 Å². The number of aromatic nitrogens is 1. The molecule has 1 aliphatic carbocycles. The summed E-state index contributed by atoms with van der Waals surface area (Å²) in [5.41, 5.74) is 0.841. The van der Waals surface area contributed by atoms with Gasteiger partial charge in [0.2, 0.25) is 0 Å². The monoisotopic (exact) mass is 307 g/mol. The zero-order valence-electron chi connectivity index (χ0n) is 11.0. The Morgan fingerprint density at radius 1 is 1.45 bits per heavy atom. The highest BCUT2D eigenvalue weighted by atomic mass is 35.5. The Balaban J connectivity index is 1.76. The second-order valence-corrected chi connectivity index (χ2v) is 6.40. The standard InChI is InChI=1S/C15H14ClNO2S/c1-9(10-6-7-10)19-15(18)13-8-17-14(20-13)11-4-2-3-5-12(11)16/h2-5,8-10H,6-7H2,1H3. The van der Waals surface area contributed by atoms with Crippen molar-refractivity contribution in [3.05, 3.63) is 40.4 Å². The number of hydrogen-bond acceptors (Lipinski definition) is 4. The molecule has 1 atom stereocenters. The fourth-order valence-corrected chi connectivity index (χ4v) is 3.14. The van der Waals surface area contributed by atoms with E-state index in [0.717, 1.165) is 23.4 Å². The largest absolute Gasteiger partial charge is 0.458 e. The van der Waals surface area contributed by atoms with Crippen LogP contribution in [-0.4, -0.2) is 17.1 Å². The van der Waals surface area contributed by atoms with E-state index in [-0.39, 0.29) is 12.1 Å². The number of hydrogen-bond donors (Lipinski definition) is 0. The molecule has 2 aromatic rings. The fourth-order valence-electron chi connectivity index (χ4n) is 2.02. The van der Waals surface area contributed by atoms with Gasteiger partial charge in [0.05, 0.1) is 11.2 Å². The number of esters is 1. The van der Waals surface area contributed by atoms with Crippen molar-refractivity contribution < 1.29 is 9.53 Å². The topological polar surface area (TPSA) is 39.2 Å². The van der Waals surface area contributed by atoms with E-state index in [4.69, 9.17) is 16.3 Å². The molecule has 0 saturated heterocycles. The van der Waals surface area contributed by atoms with E-state index >= 15 is 0 Å². The zero-order chi connectivity index (χ0) is 14.1. The van der Waals surface area contributed by atoms with E-state index < -0.39 is 0 Å². The normalized spacial score (nSPS) is 15.9. The molecule has 0 spiro atoms. The van der Waals surface area contributed by atoms with Crippen molar-refractivity contribution in [2.75, 3.05) is 0 Å². The Kier molecular flexibility index (Phi) is 3.76. The summed E-state index contributed by atoms with van der Waals surface area (Å²) in [4.78, 5) is 16.8. The molecule has 1 aromatic carbocycles. The summed E-state index contributed by atoms with van der Waals surface area (Å²) in [7, 11) is 0. The van der Waals surface area contributed by atoms with Gasteiger partial charge in [-0.05, 0) is 31.7 Å². The molecule has 5 heteroatoms. The molecular weight excluding hydrogens is 294 g/mol. The number of ether oxygens (including phenoxy) is 1. The molecule has 0 radical (unpaired) electrons. The number of carbonyl (C=O) groups is 1. The summed E-state index contributed by atoms with van der Waals surface area (Å²) < 4.78 is 5.44. The van der Waals surface area contributed by atoms with E-state index in [1.165, 1.54) is 11.3 Å². The first kappa shape index (κ1) is 13.6.